The average molecular weight is 260 g/mol. The molecule has 0 saturated carbocycles. The van der Waals surface area contributed by atoms with Gasteiger partial charge in [0.25, 0.3) is 0 Å². The maximum atomic E-state index is 11.3. The van der Waals surface area contributed by atoms with Crippen molar-refractivity contribution in [1.29, 1.82) is 0 Å². The Kier molecular flexibility index (Phi) is 2.74. The molecule has 0 aromatic heterocycles. The van der Waals surface area contributed by atoms with E-state index >= 15 is 0 Å². The Morgan fingerprint density at radius 3 is 2.67 bits per heavy atom. The highest BCUT2D eigenvalue weighted by molar-refractivity contribution is 5.63. The largest absolute Gasteiger partial charge is 0.509 e. The maximum absolute atomic E-state index is 11.3. The van der Waals surface area contributed by atoms with E-state index < -0.39 is 36.5 Å². The quantitative estimate of drug-likeness (QED) is 0.632. The Morgan fingerprint density at radius 2 is 1.94 bits per heavy atom. The summed E-state index contributed by atoms with van der Waals surface area (Å²) in [6.45, 7) is 3.97. The van der Waals surface area contributed by atoms with Gasteiger partial charge in [0.1, 0.15) is 12.2 Å². The number of hydrogen-bond acceptors (Lipinski definition) is 7. The van der Waals surface area contributed by atoms with E-state index in [1.54, 1.807) is 13.8 Å². The van der Waals surface area contributed by atoms with Gasteiger partial charge in [-0.25, -0.2) is 4.79 Å². The van der Waals surface area contributed by atoms with Gasteiger partial charge in [-0.15, -0.1) is 0 Å². The Bertz CT molecular complexity index is 355. The van der Waals surface area contributed by atoms with Crippen LogP contribution in [0.3, 0.4) is 0 Å². The lowest BCUT2D eigenvalue weighted by atomic mass is 9.97. The first-order valence-corrected chi connectivity index (χ1v) is 5.87. The van der Waals surface area contributed by atoms with Crippen LogP contribution >= 0.6 is 0 Å². The van der Waals surface area contributed by atoms with Crippen molar-refractivity contribution < 1.29 is 33.2 Å². The van der Waals surface area contributed by atoms with Gasteiger partial charge in [-0.1, -0.05) is 0 Å². The summed E-state index contributed by atoms with van der Waals surface area (Å²) in [5.74, 6) is -0.732. The number of hydrogen-bond donors (Lipinski definition) is 0. The summed E-state index contributed by atoms with van der Waals surface area (Å²) in [6.07, 6.45) is -3.24. The van der Waals surface area contributed by atoms with Crippen LogP contribution in [-0.2, 0) is 28.4 Å². The molecule has 7 heteroatoms. The van der Waals surface area contributed by atoms with Crippen LogP contribution in [0.1, 0.15) is 13.8 Å². The van der Waals surface area contributed by atoms with E-state index in [2.05, 4.69) is 0 Å². The molecule has 0 aliphatic carbocycles. The molecule has 0 aromatic rings. The smallest absolute Gasteiger partial charge is 0.424 e. The van der Waals surface area contributed by atoms with Crippen LogP contribution in [0.4, 0.5) is 4.79 Å². The standard InChI is InChI=1S/C11H16O7/c1-11(2)14-4-5-6(18-11)7-8(9(13-3)15-5)17-10(12)16-7/h5-9H,4H2,1-3H3/t5?,6-,7+,8-,9+/m1/s1. The molecule has 7 nitrogen and oxygen atoms in total. The molecule has 0 aromatic carbocycles. The molecular formula is C11H16O7. The highest BCUT2D eigenvalue weighted by Gasteiger charge is 2.58. The number of methoxy groups -OCH3 is 1. The zero-order valence-electron chi connectivity index (χ0n) is 10.5. The minimum atomic E-state index is -0.732. The zero-order chi connectivity index (χ0) is 12.9. The van der Waals surface area contributed by atoms with Gasteiger partial charge in [-0.2, -0.15) is 0 Å². The van der Waals surface area contributed by atoms with Crippen molar-refractivity contribution in [2.45, 2.75) is 50.3 Å². The van der Waals surface area contributed by atoms with Gasteiger partial charge < -0.3 is 28.4 Å². The second-order valence-electron chi connectivity index (χ2n) is 4.99. The van der Waals surface area contributed by atoms with Gasteiger partial charge in [-0.3, -0.25) is 0 Å². The van der Waals surface area contributed by atoms with Crippen LogP contribution in [0.5, 0.6) is 0 Å². The lowest BCUT2D eigenvalue weighted by Gasteiger charge is -2.47. The normalized spacial score (nSPS) is 45.7. The summed E-state index contributed by atoms with van der Waals surface area (Å²) in [4.78, 5) is 11.3. The first-order chi connectivity index (χ1) is 8.50. The minimum Gasteiger partial charge on any atom is -0.424 e. The number of rotatable bonds is 1. The predicted molar refractivity (Wildman–Crippen MR) is 55.7 cm³/mol. The molecule has 3 fully saturated rings. The highest BCUT2D eigenvalue weighted by atomic mass is 16.8. The van der Waals surface area contributed by atoms with Crippen molar-refractivity contribution >= 4 is 6.16 Å². The molecule has 102 valence electrons. The maximum Gasteiger partial charge on any atom is 0.509 e. The Morgan fingerprint density at radius 1 is 1.22 bits per heavy atom. The first kappa shape index (κ1) is 12.2. The SMILES string of the molecule is CO[C@H]1OC2COC(C)(C)O[C@H]2[C@@H]2OC(=O)O[C@@H]12. The van der Waals surface area contributed by atoms with Crippen molar-refractivity contribution in [2.24, 2.45) is 0 Å². The lowest BCUT2D eigenvalue weighted by molar-refractivity contribution is -0.368. The van der Waals surface area contributed by atoms with Crippen molar-refractivity contribution in [2.75, 3.05) is 13.7 Å². The molecule has 3 aliphatic rings. The molecule has 0 bridgehead atoms. The number of carbonyl (C=O) groups excluding carboxylic acids is 1. The third kappa shape index (κ3) is 1.87. The van der Waals surface area contributed by atoms with Crippen molar-refractivity contribution in [3.63, 3.8) is 0 Å². The predicted octanol–water partition coefficient (Wildman–Crippen LogP) is 0.413. The summed E-state index contributed by atoms with van der Waals surface area (Å²) < 4.78 is 32.3. The van der Waals surface area contributed by atoms with E-state index in [1.807, 2.05) is 0 Å². The minimum absolute atomic E-state index is 0.335. The van der Waals surface area contributed by atoms with Crippen molar-refractivity contribution in [3.8, 4) is 0 Å². The summed E-state index contributed by atoms with van der Waals surface area (Å²) in [6, 6.07) is 0. The average Bonchev–Trinajstić information content (AvgIpc) is 2.69. The Hall–Kier alpha value is -0.890. The van der Waals surface area contributed by atoms with E-state index in [1.165, 1.54) is 7.11 Å². The topological polar surface area (TPSA) is 72.5 Å². The van der Waals surface area contributed by atoms with Crippen LogP contribution in [0.25, 0.3) is 0 Å². The van der Waals surface area contributed by atoms with Crippen molar-refractivity contribution in [3.05, 3.63) is 0 Å². The van der Waals surface area contributed by atoms with E-state index in [9.17, 15) is 4.79 Å². The van der Waals surface area contributed by atoms with Crippen LogP contribution in [-0.4, -0.2) is 56.4 Å². The molecule has 0 N–H and O–H groups in total. The van der Waals surface area contributed by atoms with Gasteiger partial charge in [0.05, 0.1) is 6.61 Å². The van der Waals surface area contributed by atoms with Gasteiger partial charge in [0, 0.05) is 7.11 Å². The van der Waals surface area contributed by atoms with Crippen LogP contribution in [0, 0.1) is 0 Å². The molecule has 0 amide bonds. The molecule has 18 heavy (non-hydrogen) atoms. The lowest BCUT2D eigenvalue weighted by Crippen LogP contribution is -2.63. The van der Waals surface area contributed by atoms with E-state index in [4.69, 9.17) is 28.4 Å². The molecule has 5 atom stereocenters. The molecule has 3 heterocycles. The van der Waals surface area contributed by atoms with Gasteiger partial charge >= 0.3 is 6.16 Å². The van der Waals surface area contributed by atoms with Crippen LogP contribution < -0.4 is 0 Å². The number of carbonyl (C=O) groups is 1. The van der Waals surface area contributed by atoms with Crippen molar-refractivity contribution in [1.82, 2.24) is 0 Å². The molecule has 3 rings (SSSR count). The van der Waals surface area contributed by atoms with E-state index in [-0.39, 0.29) is 6.10 Å². The summed E-state index contributed by atoms with van der Waals surface area (Å²) in [5.41, 5.74) is 0. The molecule has 0 radical (unpaired) electrons. The molecule has 1 unspecified atom stereocenters. The zero-order valence-corrected chi connectivity index (χ0v) is 10.5. The fraction of sp³-hybridized carbons (Fsp3) is 0.909. The number of fused-ring (bicyclic) bond motifs is 3. The third-order valence-electron chi connectivity index (χ3n) is 3.30. The molecule has 3 aliphatic heterocycles. The summed E-state index contributed by atoms with van der Waals surface area (Å²) in [5, 5.41) is 0. The monoisotopic (exact) mass is 260 g/mol. The van der Waals surface area contributed by atoms with Gasteiger partial charge in [0.15, 0.2) is 24.3 Å². The van der Waals surface area contributed by atoms with Crippen LogP contribution in [0.15, 0.2) is 0 Å². The molecule has 0 spiro atoms. The fourth-order valence-corrected chi connectivity index (χ4v) is 2.50. The Labute approximate surface area is 104 Å². The summed E-state index contributed by atoms with van der Waals surface area (Å²) >= 11 is 0. The van der Waals surface area contributed by atoms with Gasteiger partial charge in [0.2, 0.25) is 0 Å². The summed E-state index contributed by atoms with van der Waals surface area (Å²) in [7, 11) is 1.49. The molecular weight excluding hydrogens is 244 g/mol. The van der Waals surface area contributed by atoms with Crippen LogP contribution in [0.2, 0.25) is 0 Å². The molecule has 3 saturated heterocycles. The van der Waals surface area contributed by atoms with E-state index in [0.29, 0.717) is 6.61 Å². The second kappa shape index (κ2) is 4.06. The van der Waals surface area contributed by atoms with E-state index in [0.717, 1.165) is 0 Å². The number of ether oxygens (including phenoxy) is 6. The van der Waals surface area contributed by atoms with Gasteiger partial charge in [-0.05, 0) is 13.8 Å². The first-order valence-electron chi connectivity index (χ1n) is 5.87. The second-order valence-corrected chi connectivity index (χ2v) is 4.99. The fourth-order valence-electron chi connectivity index (χ4n) is 2.50. The highest BCUT2D eigenvalue weighted by Crippen LogP contribution is 2.37. The third-order valence-corrected chi connectivity index (χ3v) is 3.30. The Balaban J connectivity index is 1.84.